The van der Waals surface area contributed by atoms with Crippen LogP contribution >= 0.6 is 0 Å². The fourth-order valence-electron chi connectivity index (χ4n) is 3.00. The zero-order chi connectivity index (χ0) is 18.1. The number of H-pyrrole nitrogens is 1. The van der Waals surface area contributed by atoms with E-state index in [1.165, 1.54) is 5.56 Å². The van der Waals surface area contributed by atoms with Gasteiger partial charge >= 0.3 is 0 Å². The van der Waals surface area contributed by atoms with Crippen LogP contribution in [0.4, 0.5) is 5.69 Å². The number of imidazole rings is 1. The minimum Gasteiger partial charge on any atom is -0.338 e. The van der Waals surface area contributed by atoms with E-state index in [1.54, 1.807) is 0 Å². The van der Waals surface area contributed by atoms with Crippen molar-refractivity contribution in [2.45, 2.75) is 13.8 Å². The monoisotopic (exact) mass is 341 g/mol. The van der Waals surface area contributed by atoms with Gasteiger partial charge in [0.15, 0.2) is 0 Å². The highest BCUT2D eigenvalue weighted by molar-refractivity contribution is 6.05. The summed E-state index contributed by atoms with van der Waals surface area (Å²) >= 11 is 0. The largest absolute Gasteiger partial charge is 0.338 e. The van der Waals surface area contributed by atoms with E-state index in [-0.39, 0.29) is 5.91 Å². The smallest absolute Gasteiger partial charge is 0.255 e. The van der Waals surface area contributed by atoms with E-state index in [0.717, 1.165) is 33.7 Å². The Morgan fingerprint density at radius 3 is 2.50 bits per heavy atom. The molecule has 0 fully saturated rings. The van der Waals surface area contributed by atoms with E-state index in [2.05, 4.69) is 34.3 Å². The standard InChI is InChI=1S/C22H19N3O/c1-14-7-12-19-20(13-14)25-21(24-19)16-8-10-17(11-9-16)23-22(26)18-6-4-3-5-15(18)2/h3-13H,1-2H3,(H,23,26)(H,24,25). The predicted molar refractivity (Wildman–Crippen MR) is 105 cm³/mol. The first-order valence-electron chi connectivity index (χ1n) is 8.54. The van der Waals surface area contributed by atoms with Crippen molar-refractivity contribution in [2.75, 3.05) is 5.32 Å². The van der Waals surface area contributed by atoms with Crippen molar-refractivity contribution in [3.8, 4) is 11.4 Å². The number of carbonyl (C=O) groups excluding carboxylic acids is 1. The fraction of sp³-hybridized carbons (Fsp3) is 0.0909. The maximum absolute atomic E-state index is 12.4. The molecule has 1 heterocycles. The second kappa shape index (κ2) is 6.48. The average Bonchev–Trinajstić information content (AvgIpc) is 3.05. The molecule has 128 valence electrons. The number of hydrogen-bond donors (Lipinski definition) is 2. The van der Waals surface area contributed by atoms with Crippen LogP contribution in [-0.4, -0.2) is 15.9 Å². The van der Waals surface area contributed by atoms with Crippen molar-refractivity contribution in [2.24, 2.45) is 0 Å². The molecule has 1 amide bonds. The van der Waals surface area contributed by atoms with Gasteiger partial charge < -0.3 is 10.3 Å². The molecule has 3 aromatic carbocycles. The molecule has 0 atom stereocenters. The molecule has 0 unspecified atom stereocenters. The van der Waals surface area contributed by atoms with E-state index in [1.807, 2.05) is 61.5 Å². The van der Waals surface area contributed by atoms with Gasteiger partial charge in [-0.3, -0.25) is 4.79 Å². The Bertz CT molecular complexity index is 1090. The molecule has 0 saturated heterocycles. The van der Waals surface area contributed by atoms with Crippen molar-refractivity contribution < 1.29 is 4.79 Å². The number of rotatable bonds is 3. The Hall–Kier alpha value is -3.40. The summed E-state index contributed by atoms with van der Waals surface area (Å²) < 4.78 is 0. The van der Waals surface area contributed by atoms with Crippen LogP contribution in [0.25, 0.3) is 22.4 Å². The lowest BCUT2D eigenvalue weighted by Gasteiger charge is -2.08. The maximum Gasteiger partial charge on any atom is 0.255 e. The number of carbonyl (C=O) groups is 1. The molecule has 0 aliphatic heterocycles. The number of anilines is 1. The van der Waals surface area contributed by atoms with Crippen molar-refractivity contribution in [1.29, 1.82) is 0 Å². The van der Waals surface area contributed by atoms with Gasteiger partial charge in [-0.1, -0.05) is 24.3 Å². The first-order chi connectivity index (χ1) is 12.6. The first-order valence-corrected chi connectivity index (χ1v) is 8.54. The predicted octanol–water partition coefficient (Wildman–Crippen LogP) is 5.10. The molecule has 0 bridgehead atoms. The molecule has 0 spiro atoms. The van der Waals surface area contributed by atoms with Crippen molar-refractivity contribution in [3.63, 3.8) is 0 Å². The number of aryl methyl sites for hydroxylation is 2. The number of hydrogen-bond acceptors (Lipinski definition) is 2. The normalized spacial score (nSPS) is 10.8. The van der Waals surface area contributed by atoms with Gasteiger partial charge in [-0.25, -0.2) is 4.98 Å². The lowest BCUT2D eigenvalue weighted by molar-refractivity contribution is 0.102. The van der Waals surface area contributed by atoms with Gasteiger partial charge in [0.05, 0.1) is 11.0 Å². The molecule has 0 radical (unpaired) electrons. The minimum absolute atomic E-state index is 0.102. The molecular weight excluding hydrogens is 322 g/mol. The third-order valence-corrected chi connectivity index (χ3v) is 4.44. The van der Waals surface area contributed by atoms with Crippen LogP contribution in [0, 0.1) is 13.8 Å². The summed E-state index contributed by atoms with van der Waals surface area (Å²) in [6.07, 6.45) is 0. The third-order valence-electron chi connectivity index (χ3n) is 4.44. The van der Waals surface area contributed by atoms with Crippen molar-refractivity contribution in [3.05, 3.63) is 83.4 Å². The quantitative estimate of drug-likeness (QED) is 0.545. The van der Waals surface area contributed by atoms with Crippen LogP contribution < -0.4 is 5.32 Å². The van der Waals surface area contributed by atoms with E-state index >= 15 is 0 Å². The summed E-state index contributed by atoms with van der Waals surface area (Å²) in [4.78, 5) is 20.4. The van der Waals surface area contributed by atoms with Crippen LogP contribution in [-0.2, 0) is 0 Å². The summed E-state index contributed by atoms with van der Waals surface area (Å²) in [5, 5.41) is 2.94. The lowest BCUT2D eigenvalue weighted by atomic mass is 10.1. The van der Waals surface area contributed by atoms with E-state index < -0.39 is 0 Å². The Labute approximate surface area is 151 Å². The van der Waals surface area contributed by atoms with Crippen LogP contribution in [0.5, 0.6) is 0 Å². The molecule has 0 aliphatic carbocycles. The van der Waals surface area contributed by atoms with Gasteiger partial charge in [-0.2, -0.15) is 0 Å². The second-order valence-electron chi connectivity index (χ2n) is 6.45. The first kappa shape index (κ1) is 16.1. The van der Waals surface area contributed by atoms with Gasteiger partial charge in [-0.15, -0.1) is 0 Å². The molecule has 26 heavy (non-hydrogen) atoms. The van der Waals surface area contributed by atoms with Gasteiger partial charge in [0, 0.05) is 16.8 Å². The summed E-state index contributed by atoms with van der Waals surface area (Å²) in [6.45, 7) is 3.99. The Morgan fingerprint density at radius 1 is 0.962 bits per heavy atom. The molecule has 0 saturated carbocycles. The van der Waals surface area contributed by atoms with Gasteiger partial charge in [0.1, 0.15) is 5.82 Å². The number of benzene rings is 3. The van der Waals surface area contributed by atoms with Crippen LogP contribution in [0.3, 0.4) is 0 Å². The fourth-order valence-corrected chi connectivity index (χ4v) is 3.00. The van der Waals surface area contributed by atoms with Gasteiger partial charge in [0.25, 0.3) is 5.91 Å². The van der Waals surface area contributed by atoms with Crippen LogP contribution in [0.1, 0.15) is 21.5 Å². The molecule has 4 heteroatoms. The summed E-state index contributed by atoms with van der Waals surface area (Å²) in [6, 6.07) is 21.4. The Kier molecular flexibility index (Phi) is 4.01. The number of aromatic amines is 1. The maximum atomic E-state index is 12.4. The SMILES string of the molecule is Cc1ccc2nc(-c3ccc(NC(=O)c4ccccc4C)cc3)[nH]c2c1. The number of amides is 1. The third kappa shape index (κ3) is 3.09. The molecule has 2 N–H and O–H groups in total. The molecular formula is C22H19N3O. The van der Waals surface area contributed by atoms with Crippen LogP contribution in [0.2, 0.25) is 0 Å². The lowest BCUT2D eigenvalue weighted by Crippen LogP contribution is -2.13. The van der Waals surface area contributed by atoms with Gasteiger partial charge in [-0.05, 0) is 67.4 Å². The summed E-state index contributed by atoms with van der Waals surface area (Å²) in [5.74, 6) is 0.720. The zero-order valence-corrected chi connectivity index (χ0v) is 14.7. The zero-order valence-electron chi connectivity index (χ0n) is 14.7. The van der Waals surface area contributed by atoms with E-state index in [0.29, 0.717) is 5.56 Å². The van der Waals surface area contributed by atoms with Crippen molar-refractivity contribution >= 4 is 22.6 Å². The molecule has 0 aliphatic rings. The van der Waals surface area contributed by atoms with E-state index in [4.69, 9.17) is 0 Å². The highest BCUT2D eigenvalue weighted by Crippen LogP contribution is 2.23. The summed E-state index contributed by atoms with van der Waals surface area (Å²) in [7, 11) is 0. The number of fused-ring (bicyclic) bond motifs is 1. The Morgan fingerprint density at radius 2 is 1.73 bits per heavy atom. The second-order valence-corrected chi connectivity index (χ2v) is 6.45. The number of nitrogens with one attached hydrogen (secondary N) is 2. The topological polar surface area (TPSA) is 57.8 Å². The minimum atomic E-state index is -0.102. The average molecular weight is 341 g/mol. The summed E-state index contributed by atoms with van der Waals surface area (Å²) in [5.41, 5.74) is 6.55. The highest BCUT2D eigenvalue weighted by Gasteiger charge is 2.09. The van der Waals surface area contributed by atoms with E-state index in [9.17, 15) is 4.79 Å². The number of nitrogens with zero attached hydrogens (tertiary/aromatic N) is 1. The van der Waals surface area contributed by atoms with Gasteiger partial charge in [0.2, 0.25) is 0 Å². The Balaban J connectivity index is 1.56. The molecule has 4 nitrogen and oxygen atoms in total. The molecule has 4 aromatic rings. The number of aromatic nitrogens is 2. The molecule has 4 rings (SSSR count). The van der Waals surface area contributed by atoms with Crippen molar-refractivity contribution in [1.82, 2.24) is 9.97 Å². The molecule has 1 aromatic heterocycles. The van der Waals surface area contributed by atoms with Crippen LogP contribution in [0.15, 0.2) is 66.7 Å². The highest BCUT2D eigenvalue weighted by atomic mass is 16.1.